The summed E-state index contributed by atoms with van der Waals surface area (Å²) in [6.07, 6.45) is 2.39. The molecule has 1 unspecified atom stereocenters. The van der Waals surface area contributed by atoms with E-state index in [0.717, 1.165) is 26.2 Å². The van der Waals surface area contributed by atoms with Crippen LogP contribution in [-0.4, -0.2) is 48.6 Å². The van der Waals surface area contributed by atoms with E-state index in [-0.39, 0.29) is 5.54 Å². The van der Waals surface area contributed by atoms with Crippen molar-refractivity contribution in [3.63, 3.8) is 0 Å². The van der Waals surface area contributed by atoms with Crippen molar-refractivity contribution in [1.82, 2.24) is 9.80 Å². The Morgan fingerprint density at radius 1 is 1.22 bits per heavy atom. The Morgan fingerprint density at radius 3 is 2.61 bits per heavy atom. The topological polar surface area (TPSA) is 32.5 Å². The van der Waals surface area contributed by atoms with Gasteiger partial charge in [0.25, 0.3) is 0 Å². The molecule has 1 saturated carbocycles. The van der Waals surface area contributed by atoms with Crippen LogP contribution in [0.2, 0.25) is 0 Å². The van der Waals surface area contributed by atoms with Crippen molar-refractivity contribution in [2.24, 2.45) is 5.73 Å². The third-order valence-electron chi connectivity index (χ3n) is 4.29. The average Bonchev–Trinajstić information content (AvgIpc) is 3.10. The highest BCUT2D eigenvalue weighted by atomic mass is 15.3. The van der Waals surface area contributed by atoms with Gasteiger partial charge in [-0.05, 0) is 25.5 Å². The first-order chi connectivity index (χ1) is 8.66. The Hall–Kier alpha value is -0.900. The van der Waals surface area contributed by atoms with Crippen LogP contribution in [0.25, 0.3) is 0 Å². The highest BCUT2D eigenvalue weighted by Crippen LogP contribution is 2.36. The molecule has 1 heterocycles. The first-order valence-corrected chi connectivity index (χ1v) is 6.93. The van der Waals surface area contributed by atoms with Gasteiger partial charge in [-0.15, -0.1) is 0 Å². The van der Waals surface area contributed by atoms with E-state index in [2.05, 4.69) is 47.2 Å². The van der Waals surface area contributed by atoms with E-state index in [1.165, 1.54) is 18.4 Å². The molecule has 1 atom stereocenters. The molecule has 3 rings (SSSR count). The third kappa shape index (κ3) is 2.58. The molecule has 2 N–H and O–H groups in total. The van der Waals surface area contributed by atoms with Gasteiger partial charge in [0, 0.05) is 37.8 Å². The van der Waals surface area contributed by atoms with Gasteiger partial charge >= 0.3 is 0 Å². The highest BCUT2D eigenvalue weighted by molar-refractivity contribution is 5.20. The number of hydrogen-bond donors (Lipinski definition) is 1. The second kappa shape index (κ2) is 4.65. The van der Waals surface area contributed by atoms with Crippen LogP contribution in [-0.2, 0) is 0 Å². The zero-order valence-electron chi connectivity index (χ0n) is 11.2. The van der Waals surface area contributed by atoms with Gasteiger partial charge in [-0.2, -0.15) is 0 Å². The minimum absolute atomic E-state index is 0.114. The number of nitrogens with two attached hydrogens (primary N) is 1. The molecule has 3 nitrogen and oxygen atoms in total. The Bertz CT molecular complexity index is 399. The number of rotatable bonds is 3. The van der Waals surface area contributed by atoms with Crippen LogP contribution in [0, 0.1) is 0 Å². The van der Waals surface area contributed by atoms with Gasteiger partial charge < -0.3 is 10.6 Å². The number of likely N-dealkylation sites (N-methyl/N-ethyl adjacent to an activating group) is 1. The summed E-state index contributed by atoms with van der Waals surface area (Å²) in [6.45, 7) is 4.45. The van der Waals surface area contributed by atoms with Crippen molar-refractivity contribution in [1.29, 1.82) is 0 Å². The molecule has 1 aromatic rings. The zero-order valence-corrected chi connectivity index (χ0v) is 11.2. The lowest BCUT2D eigenvalue weighted by Crippen LogP contribution is -2.51. The van der Waals surface area contributed by atoms with Gasteiger partial charge in [0.2, 0.25) is 0 Å². The van der Waals surface area contributed by atoms with E-state index >= 15 is 0 Å². The molecule has 98 valence electrons. The van der Waals surface area contributed by atoms with Crippen molar-refractivity contribution in [2.75, 3.05) is 33.2 Å². The first kappa shape index (κ1) is 12.2. The molecular weight excluding hydrogens is 222 g/mol. The molecule has 0 amide bonds. The summed E-state index contributed by atoms with van der Waals surface area (Å²) in [5, 5.41) is 0. The highest BCUT2D eigenvalue weighted by Gasteiger charge is 2.42. The Morgan fingerprint density at radius 2 is 1.94 bits per heavy atom. The van der Waals surface area contributed by atoms with Crippen LogP contribution in [0.4, 0.5) is 0 Å². The molecule has 1 saturated heterocycles. The Labute approximate surface area is 110 Å². The van der Waals surface area contributed by atoms with E-state index in [1.54, 1.807) is 0 Å². The predicted octanol–water partition coefficient (Wildman–Crippen LogP) is 1.47. The summed E-state index contributed by atoms with van der Waals surface area (Å²) in [5.74, 6) is 0. The van der Waals surface area contributed by atoms with E-state index in [0.29, 0.717) is 6.04 Å². The average molecular weight is 245 g/mol. The van der Waals surface area contributed by atoms with Gasteiger partial charge in [0.05, 0.1) is 0 Å². The fourth-order valence-electron chi connectivity index (χ4n) is 2.86. The number of nitrogens with zero attached hydrogens (tertiary/aromatic N) is 2. The van der Waals surface area contributed by atoms with Crippen LogP contribution in [0.15, 0.2) is 30.3 Å². The summed E-state index contributed by atoms with van der Waals surface area (Å²) < 4.78 is 0. The van der Waals surface area contributed by atoms with Crippen molar-refractivity contribution < 1.29 is 0 Å². The quantitative estimate of drug-likeness (QED) is 0.875. The smallest absolute Gasteiger partial charge is 0.0476 e. The van der Waals surface area contributed by atoms with Crippen LogP contribution >= 0.6 is 0 Å². The molecule has 3 heteroatoms. The Balaban J connectivity index is 1.77. The third-order valence-corrected chi connectivity index (χ3v) is 4.29. The molecule has 0 aromatic heterocycles. The maximum absolute atomic E-state index is 6.30. The van der Waals surface area contributed by atoms with Gasteiger partial charge in [-0.25, -0.2) is 0 Å². The summed E-state index contributed by atoms with van der Waals surface area (Å²) in [4.78, 5) is 5.01. The second-order valence-corrected chi connectivity index (χ2v) is 6.02. The van der Waals surface area contributed by atoms with E-state index in [9.17, 15) is 0 Å². The summed E-state index contributed by atoms with van der Waals surface area (Å²) in [7, 11) is 2.21. The number of hydrogen-bond acceptors (Lipinski definition) is 3. The first-order valence-electron chi connectivity index (χ1n) is 6.93. The molecule has 18 heavy (non-hydrogen) atoms. The fourth-order valence-corrected chi connectivity index (χ4v) is 2.86. The molecular formula is C15H23N3. The van der Waals surface area contributed by atoms with Crippen molar-refractivity contribution in [3.05, 3.63) is 35.9 Å². The molecule has 2 aliphatic rings. The van der Waals surface area contributed by atoms with Crippen LogP contribution < -0.4 is 5.73 Å². The number of piperazine rings is 1. The molecule has 2 fully saturated rings. The van der Waals surface area contributed by atoms with Crippen molar-refractivity contribution >= 4 is 0 Å². The summed E-state index contributed by atoms with van der Waals surface area (Å²) in [6, 6.07) is 11.4. The van der Waals surface area contributed by atoms with Gasteiger partial charge in [-0.1, -0.05) is 30.3 Å². The fraction of sp³-hybridized carbons (Fsp3) is 0.600. The lowest BCUT2D eigenvalue weighted by Gasteiger charge is -2.41. The van der Waals surface area contributed by atoms with Crippen LogP contribution in [0.1, 0.15) is 24.4 Å². The molecule has 0 bridgehead atoms. The standard InChI is InChI=1S/C15H23N3/c1-17-9-10-18(12-15(16)7-8-15)14(11-17)13-5-3-2-4-6-13/h2-6,14H,7-12,16H2,1H3. The monoisotopic (exact) mass is 245 g/mol. The molecule has 1 aromatic carbocycles. The minimum Gasteiger partial charge on any atom is -0.324 e. The molecule has 0 radical (unpaired) electrons. The molecule has 1 aliphatic carbocycles. The largest absolute Gasteiger partial charge is 0.324 e. The lowest BCUT2D eigenvalue weighted by atomic mass is 10.0. The summed E-state index contributed by atoms with van der Waals surface area (Å²) >= 11 is 0. The SMILES string of the molecule is CN1CCN(CC2(N)CC2)C(c2ccccc2)C1. The predicted molar refractivity (Wildman–Crippen MR) is 74.4 cm³/mol. The molecule has 1 aliphatic heterocycles. The normalized spacial score (nSPS) is 28.2. The van der Waals surface area contributed by atoms with E-state index in [1.807, 2.05) is 0 Å². The number of benzene rings is 1. The molecule has 0 spiro atoms. The van der Waals surface area contributed by atoms with Crippen molar-refractivity contribution in [2.45, 2.75) is 24.4 Å². The van der Waals surface area contributed by atoms with Gasteiger partial charge in [0.15, 0.2) is 0 Å². The minimum atomic E-state index is 0.114. The van der Waals surface area contributed by atoms with E-state index < -0.39 is 0 Å². The van der Waals surface area contributed by atoms with Gasteiger partial charge in [0.1, 0.15) is 0 Å². The lowest BCUT2D eigenvalue weighted by molar-refractivity contribution is 0.0818. The second-order valence-electron chi connectivity index (χ2n) is 6.02. The Kier molecular flexibility index (Phi) is 3.14. The maximum Gasteiger partial charge on any atom is 0.0476 e. The maximum atomic E-state index is 6.30. The van der Waals surface area contributed by atoms with E-state index in [4.69, 9.17) is 5.73 Å². The summed E-state index contributed by atoms with van der Waals surface area (Å²) in [5.41, 5.74) is 7.84. The van der Waals surface area contributed by atoms with Crippen LogP contribution in [0.5, 0.6) is 0 Å². The van der Waals surface area contributed by atoms with Gasteiger partial charge in [-0.3, -0.25) is 4.90 Å². The van der Waals surface area contributed by atoms with Crippen molar-refractivity contribution in [3.8, 4) is 0 Å². The zero-order chi connectivity index (χ0) is 12.6. The van der Waals surface area contributed by atoms with Crippen LogP contribution in [0.3, 0.4) is 0 Å².